The van der Waals surface area contributed by atoms with Gasteiger partial charge in [-0.15, -0.1) is 0 Å². The summed E-state index contributed by atoms with van der Waals surface area (Å²) in [5, 5.41) is 3.40. The molecule has 1 fully saturated rings. The van der Waals surface area contributed by atoms with E-state index in [9.17, 15) is 4.79 Å². The van der Waals surface area contributed by atoms with Gasteiger partial charge in [-0.05, 0) is 33.4 Å². The molecule has 0 heterocycles. The molecule has 1 amide bonds. The van der Waals surface area contributed by atoms with Gasteiger partial charge in [0.1, 0.15) is 0 Å². The van der Waals surface area contributed by atoms with Crippen molar-refractivity contribution in [3.63, 3.8) is 0 Å². The van der Waals surface area contributed by atoms with Crippen LogP contribution in [0.5, 0.6) is 0 Å². The third kappa shape index (κ3) is 5.83. The number of hydrogen-bond donors (Lipinski definition) is 1. The van der Waals surface area contributed by atoms with Crippen LogP contribution in [0.2, 0.25) is 0 Å². The highest BCUT2D eigenvalue weighted by Gasteiger charge is 2.17. The van der Waals surface area contributed by atoms with Crippen LogP contribution in [0.1, 0.15) is 39.0 Å². The minimum atomic E-state index is 0.255. The Morgan fingerprint density at radius 3 is 2.39 bits per heavy atom. The van der Waals surface area contributed by atoms with Crippen molar-refractivity contribution in [2.75, 3.05) is 40.3 Å². The molecule has 1 N–H and O–H groups in total. The number of nitrogens with zero attached hydrogens (tertiary/aromatic N) is 2. The van der Waals surface area contributed by atoms with Gasteiger partial charge >= 0.3 is 0 Å². The second-order valence-corrected chi connectivity index (χ2v) is 5.55. The maximum Gasteiger partial charge on any atom is 0.236 e. The van der Waals surface area contributed by atoms with E-state index in [-0.39, 0.29) is 5.91 Å². The first-order valence-electron chi connectivity index (χ1n) is 7.29. The van der Waals surface area contributed by atoms with Crippen LogP contribution in [0.4, 0.5) is 0 Å². The summed E-state index contributed by atoms with van der Waals surface area (Å²) >= 11 is 0. The van der Waals surface area contributed by atoms with Crippen LogP contribution in [-0.2, 0) is 4.79 Å². The van der Waals surface area contributed by atoms with Crippen molar-refractivity contribution in [3.05, 3.63) is 0 Å². The Hall–Kier alpha value is -0.610. The predicted octanol–water partition coefficient (Wildman–Crippen LogP) is 1.32. The molecule has 0 aliphatic heterocycles. The molecule has 0 spiro atoms. The van der Waals surface area contributed by atoms with Crippen LogP contribution < -0.4 is 5.32 Å². The summed E-state index contributed by atoms with van der Waals surface area (Å²) in [6.07, 6.45) is 6.12. The summed E-state index contributed by atoms with van der Waals surface area (Å²) in [6.45, 7) is 5.29. The van der Waals surface area contributed by atoms with Crippen molar-refractivity contribution in [2.45, 2.75) is 45.1 Å². The van der Waals surface area contributed by atoms with E-state index in [1.54, 1.807) is 0 Å². The van der Waals surface area contributed by atoms with Gasteiger partial charge in [-0.3, -0.25) is 4.79 Å². The normalized spacial score (nSPS) is 16.4. The topological polar surface area (TPSA) is 35.6 Å². The minimum Gasteiger partial charge on any atom is -0.340 e. The molecule has 0 saturated heterocycles. The number of nitrogens with one attached hydrogen (secondary N) is 1. The van der Waals surface area contributed by atoms with Gasteiger partial charge in [0.25, 0.3) is 0 Å². The highest BCUT2D eigenvalue weighted by Crippen LogP contribution is 2.17. The second kappa shape index (κ2) is 8.48. The Labute approximate surface area is 112 Å². The van der Waals surface area contributed by atoms with Gasteiger partial charge in [0.15, 0.2) is 0 Å². The molecule has 0 atom stereocenters. The molecule has 4 heteroatoms. The second-order valence-electron chi connectivity index (χ2n) is 5.55. The predicted molar refractivity (Wildman–Crippen MR) is 75.7 cm³/mol. The van der Waals surface area contributed by atoms with E-state index in [1.165, 1.54) is 25.7 Å². The Morgan fingerprint density at radius 1 is 1.17 bits per heavy atom. The summed E-state index contributed by atoms with van der Waals surface area (Å²) in [5.41, 5.74) is 0. The molecule has 1 saturated carbocycles. The zero-order chi connectivity index (χ0) is 13.4. The summed E-state index contributed by atoms with van der Waals surface area (Å²) in [4.78, 5) is 16.3. The first kappa shape index (κ1) is 15.4. The molecular formula is C14H29N3O. The van der Waals surface area contributed by atoms with E-state index in [1.807, 2.05) is 19.0 Å². The molecule has 106 valence electrons. The number of rotatable bonds is 8. The van der Waals surface area contributed by atoms with E-state index in [4.69, 9.17) is 0 Å². The summed E-state index contributed by atoms with van der Waals surface area (Å²) in [6, 6.07) is 0.575. The first-order chi connectivity index (χ1) is 8.63. The molecule has 1 aliphatic rings. The number of hydrogen-bond acceptors (Lipinski definition) is 3. The van der Waals surface area contributed by atoms with Crippen molar-refractivity contribution in [2.24, 2.45) is 0 Å². The highest BCUT2D eigenvalue weighted by molar-refractivity contribution is 5.78. The lowest BCUT2D eigenvalue weighted by atomic mass is 10.2. The van der Waals surface area contributed by atoms with Gasteiger partial charge < -0.3 is 15.1 Å². The van der Waals surface area contributed by atoms with Crippen molar-refractivity contribution in [1.82, 2.24) is 15.1 Å². The van der Waals surface area contributed by atoms with Crippen molar-refractivity contribution >= 4 is 5.91 Å². The zero-order valence-corrected chi connectivity index (χ0v) is 12.2. The minimum absolute atomic E-state index is 0.255. The van der Waals surface area contributed by atoms with E-state index in [0.29, 0.717) is 12.6 Å². The largest absolute Gasteiger partial charge is 0.340 e. The molecule has 1 rings (SSSR count). The number of carbonyl (C=O) groups is 1. The van der Waals surface area contributed by atoms with E-state index in [2.05, 4.69) is 17.1 Å². The van der Waals surface area contributed by atoms with Gasteiger partial charge in [-0.25, -0.2) is 0 Å². The average molecular weight is 255 g/mol. The lowest BCUT2D eigenvalue weighted by Gasteiger charge is -2.25. The molecule has 0 unspecified atom stereocenters. The summed E-state index contributed by atoms with van der Waals surface area (Å²) in [7, 11) is 4.09. The highest BCUT2D eigenvalue weighted by atomic mass is 16.2. The monoisotopic (exact) mass is 255 g/mol. The Kier molecular flexibility index (Phi) is 7.28. The van der Waals surface area contributed by atoms with Crippen LogP contribution in [0.3, 0.4) is 0 Å². The molecule has 0 aromatic heterocycles. The molecule has 0 radical (unpaired) electrons. The van der Waals surface area contributed by atoms with E-state index < -0.39 is 0 Å². The SMILES string of the molecule is CCCN(CCN(C)C)C(=O)CNC1CCCC1. The third-order valence-electron chi connectivity index (χ3n) is 3.56. The van der Waals surface area contributed by atoms with Gasteiger partial charge in [0, 0.05) is 25.7 Å². The van der Waals surface area contributed by atoms with E-state index >= 15 is 0 Å². The smallest absolute Gasteiger partial charge is 0.236 e. The fourth-order valence-corrected chi connectivity index (χ4v) is 2.43. The van der Waals surface area contributed by atoms with Gasteiger partial charge in [0.2, 0.25) is 5.91 Å². The molecular weight excluding hydrogens is 226 g/mol. The fourth-order valence-electron chi connectivity index (χ4n) is 2.43. The van der Waals surface area contributed by atoms with Gasteiger partial charge in [-0.1, -0.05) is 19.8 Å². The average Bonchev–Trinajstić information content (AvgIpc) is 2.84. The Bertz CT molecular complexity index is 237. The summed E-state index contributed by atoms with van der Waals surface area (Å²) < 4.78 is 0. The maximum absolute atomic E-state index is 12.1. The fraction of sp³-hybridized carbons (Fsp3) is 0.929. The standard InChI is InChI=1S/C14H29N3O/c1-4-9-17(11-10-16(2)3)14(18)12-15-13-7-5-6-8-13/h13,15H,4-12H2,1-3H3. The maximum atomic E-state index is 12.1. The van der Waals surface area contributed by atoms with Crippen molar-refractivity contribution in [1.29, 1.82) is 0 Å². The quantitative estimate of drug-likeness (QED) is 0.710. The Morgan fingerprint density at radius 2 is 1.83 bits per heavy atom. The molecule has 0 aromatic rings. The third-order valence-corrected chi connectivity index (χ3v) is 3.56. The van der Waals surface area contributed by atoms with Crippen LogP contribution in [-0.4, -0.2) is 62.0 Å². The molecule has 0 bridgehead atoms. The summed E-state index contributed by atoms with van der Waals surface area (Å²) in [5.74, 6) is 0.255. The molecule has 1 aliphatic carbocycles. The van der Waals surface area contributed by atoms with Crippen LogP contribution in [0.25, 0.3) is 0 Å². The van der Waals surface area contributed by atoms with Crippen LogP contribution in [0, 0.1) is 0 Å². The van der Waals surface area contributed by atoms with Gasteiger partial charge in [0.05, 0.1) is 6.54 Å². The number of likely N-dealkylation sites (N-methyl/N-ethyl adjacent to an activating group) is 1. The lowest BCUT2D eigenvalue weighted by Crippen LogP contribution is -2.43. The molecule has 4 nitrogen and oxygen atoms in total. The lowest BCUT2D eigenvalue weighted by molar-refractivity contribution is -0.130. The molecule has 0 aromatic carbocycles. The molecule has 18 heavy (non-hydrogen) atoms. The zero-order valence-electron chi connectivity index (χ0n) is 12.2. The van der Waals surface area contributed by atoms with Crippen molar-refractivity contribution < 1.29 is 4.79 Å². The number of amides is 1. The Balaban J connectivity index is 2.28. The first-order valence-corrected chi connectivity index (χ1v) is 7.29. The number of carbonyl (C=O) groups excluding carboxylic acids is 1. The van der Waals surface area contributed by atoms with Gasteiger partial charge in [-0.2, -0.15) is 0 Å². The van der Waals surface area contributed by atoms with E-state index in [0.717, 1.165) is 26.1 Å². The van der Waals surface area contributed by atoms with Crippen molar-refractivity contribution in [3.8, 4) is 0 Å². The van der Waals surface area contributed by atoms with Crippen LogP contribution >= 0.6 is 0 Å². The van der Waals surface area contributed by atoms with Crippen LogP contribution in [0.15, 0.2) is 0 Å².